The van der Waals surface area contributed by atoms with Crippen LogP contribution in [0.1, 0.15) is 13.8 Å². The number of aliphatic carboxylic acids is 1. The van der Waals surface area contributed by atoms with Gasteiger partial charge in [-0.15, -0.1) is 0 Å². The molecule has 1 aliphatic heterocycles. The van der Waals surface area contributed by atoms with Crippen LogP contribution in [0.5, 0.6) is 0 Å². The second-order valence-electron chi connectivity index (χ2n) is 5.44. The lowest BCUT2D eigenvalue weighted by atomic mass is 9.88. The highest BCUT2D eigenvalue weighted by atomic mass is 16.5. The molecule has 6 nitrogen and oxygen atoms in total. The van der Waals surface area contributed by atoms with E-state index in [4.69, 9.17) is 14.6 Å². The molecule has 2 aromatic rings. The Morgan fingerprint density at radius 3 is 2.71 bits per heavy atom. The van der Waals surface area contributed by atoms with Gasteiger partial charge in [0.2, 0.25) is 0 Å². The molecule has 0 aliphatic carbocycles. The lowest BCUT2D eigenvalue weighted by molar-refractivity contribution is -0.134. The smallest absolute Gasteiger partial charge is 0.300 e. The topological polar surface area (TPSA) is 77.2 Å². The SMILES string of the molecule is CC(=O)O.CC1(Cn2ccnc2-c2cccnc2)COC1. The largest absolute Gasteiger partial charge is 0.481 e. The van der Waals surface area contributed by atoms with E-state index in [1.165, 1.54) is 0 Å². The van der Waals surface area contributed by atoms with Gasteiger partial charge in [0.15, 0.2) is 0 Å². The minimum absolute atomic E-state index is 0.248. The molecule has 0 atom stereocenters. The maximum Gasteiger partial charge on any atom is 0.300 e. The summed E-state index contributed by atoms with van der Waals surface area (Å²) < 4.78 is 7.47. The molecular formula is C15H19N3O3. The third-order valence-electron chi connectivity index (χ3n) is 3.09. The van der Waals surface area contributed by atoms with E-state index in [1.807, 2.05) is 30.7 Å². The summed E-state index contributed by atoms with van der Waals surface area (Å²) in [6.07, 6.45) is 7.48. The maximum atomic E-state index is 9.00. The summed E-state index contributed by atoms with van der Waals surface area (Å²) in [5, 5.41) is 7.42. The molecule has 0 spiro atoms. The van der Waals surface area contributed by atoms with E-state index in [9.17, 15) is 0 Å². The molecule has 2 aromatic heterocycles. The van der Waals surface area contributed by atoms with Gasteiger partial charge in [-0.25, -0.2) is 4.98 Å². The lowest BCUT2D eigenvalue weighted by Crippen LogP contribution is -2.43. The van der Waals surface area contributed by atoms with Crippen molar-refractivity contribution in [1.29, 1.82) is 0 Å². The molecule has 0 aromatic carbocycles. The Morgan fingerprint density at radius 1 is 1.48 bits per heavy atom. The first-order valence-electron chi connectivity index (χ1n) is 6.69. The van der Waals surface area contributed by atoms with Crippen molar-refractivity contribution in [2.45, 2.75) is 20.4 Å². The summed E-state index contributed by atoms with van der Waals surface area (Å²) in [4.78, 5) is 17.5. The Kier molecular flexibility index (Phi) is 4.70. The summed E-state index contributed by atoms with van der Waals surface area (Å²) in [5.74, 6) is 0.145. The van der Waals surface area contributed by atoms with Gasteiger partial charge in [0.25, 0.3) is 5.97 Å². The van der Waals surface area contributed by atoms with Gasteiger partial charge >= 0.3 is 0 Å². The average Bonchev–Trinajstić information content (AvgIpc) is 2.85. The molecular weight excluding hydrogens is 270 g/mol. The van der Waals surface area contributed by atoms with Crippen molar-refractivity contribution in [3.05, 3.63) is 36.9 Å². The van der Waals surface area contributed by atoms with Gasteiger partial charge in [0.1, 0.15) is 5.82 Å². The molecule has 3 rings (SSSR count). The van der Waals surface area contributed by atoms with Crippen LogP contribution in [0.4, 0.5) is 0 Å². The third kappa shape index (κ3) is 4.13. The van der Waals surface area contributed by atoms with Crippen molar-refractivity contribution in [3.8, 4) is 11.4 Å². The molecule has 0 bridgehead atoms. The van der Waals surface area contributed by atoms with Crippen molar-refractivity contribution >= 4 is 5.97 Å². The van der Waals surface area contributed by atoms with Crippen molar-refractivity contribution in [2.24, 2.45) is 5.41 Å². The van der Waals surface area contributed by atoms with E-state index in [2.05, 4.69) is 21.5 Å². The predicted molar refractivity (Wildman–Crippen MR) is 77.7 cm³/mol. The van der Waals surface area contributed by atoms with Crippen LogP contribution in [0.25, 0.3) is 11.4 Å². The van der Waals surface area contributed by atoms with Gasteiger partial charge in [0, 0.05) is 49.2 Å². The number of nitrogens with zero attached hydrogens (tertiary/aromatic N) is 3. The fraction of sp³-hybridized carbons (Fsp3) is 0.400. The van der Waals surface area contributed by atoms with Crippen LogP contribution in [-0.2, 0) is 16.1 Å². The number of pyridine rings is 1. The highest BCUT2D eigenvalue weighted by molar-refractivity contribution is 5.62. The van der Waals surface area contributed by atoms with Crippen LogP contribution in [0.15, 0.2) is 36.9 Å². The summed E-state index contributed by atoms with van der Waals surface area (Å²) in [5.41, 5.74) is 1.30. The van der Waals surface area contributed by atoms with Crippen LogP contribution < -0.4 is 0 Å². The maximum absolute atomic E-state index is 9.00. The second kappa shape index (κ2) is 6.49. The molecule has 6 heteroatoms. The molecule has 1 N–H and O–H groups in total. The van der Waals surface area contributed by atoms with Gasteiger partial charge < -0.3 is 14.4 Å². The first-order valence-corrected chi connectivity index (χ1v) is 6.69. The molecule has 21 heavy (non-hydrogen) atoms. The standard InChI is InChI=1S/C13H15N3O.C2H4O2/c1-13(9-17-10-13)8-16-6-5-15-12(16)11-3-2-4-14-7-11;1-2(3)4/h2-7H,8-10H2,1H3;1H3,(H,3,4). The number of hydrogen-bond acceptors (Lipinski definition) is 4. The highest BCUT2D eigenvalue weighted by Gasteiger charge is 2.34. The van der Waals surface area contributed by atoms with Crippen LogP contribution in [0.2, 0.25) is 0 Å². The van der Waals surface area contributed by atoms with Crippen molar-refractivity contribution in [3.63, 3.8) is 0 Å². The number of carboxylic acid groups (broad SMARTS) is 1. The Hall–Kier alpha value is -2.21. The minimum Gasteiger partial charge on any atom is -0.481 e. The highest BCUT2D eigenvalue weighted by Crippen LogP contribution is 2.30. The zero-order chi connectivity index (χ0) is 15.3. The number of hydrogen-bond donors (Lipinski definition) is 1. The Balaban J connectivity index is 0.000000361. The molecule has 0 unspecified atom stereocenters. The van der Waals surface area contributed by atoms with E-state index in [0.717, 1.165) is 38.1 Å². The monoisotopic (exact) mass is 289 g/mol. The molecule has 1 aliphatic rings. The summed E-state index contributed by atoms with van der Waals surface area (Å²) in [6.45, 7) is 5.93. The average molecular weight is 289 g/mol. The predicted octanol–water partition coefficient (Wildman–Crippen LogP) is 2.07. The van der Waals surface area contributed by atoms with Crippen LogP contribution in [0, 0.1) is 5.41 Å². The number of imidazole rings is 1. The van der Waals surface area contributed by atoms with E-state index in [-0.39, 0.29) is 5.41 Å². The van der Waals surface area contributed by atoms with E-state index < -0.39 is 5.97 Å². The fourth-order valence-electron chi connectivity index (χ4n) is 2.15. The normalized spacial score (nSPS) is 15.5. The summed E-state index contributed by atoms with van der Waals surface area (Å²) in [6, 6.07) is 3.97. The molecule has 1 saturated heterocycles. The van der Waals surface area contributed by atoms with Gasteiger partial charge in [-0.3, -0.25) is 9.78 Å². The van der Waals surface area contributed by atoms with E-state index in [0.29, 0.717) is 0 Å². The van der Waals surface area contributed by atoms with Crippen LogP contribution in [-0.4, -0.2) is 38.8 Å². The second-order valence-corrected chi connectivity index (χ2v) is 5.44. The van der Waals surface area contributed by atoms with Crippen molar-refractivity contribution in [1.82, 2.24) is 14.5 Å². The Morgan fingerprint density at radius 2 is 2.19 bits per heavy atom. The van der Waals surface area contributed by atoms with Gasteiger partial charge in [-0.05, 0) is 12.1 Å². The number of ether oxygens (including phenoxy) is 1. The van der Waals surface area contributed by atoms with Gasteiger partial charge in [0.05, 0.1) is 13.2 Å². The molecule has 112 valence electrons. The lowest BCUT2D eigenvalue weighted by Gasteiger charge is -2.38. The summed E-state index contributed by atoms with van der Waals surface area (Å²) in [7, 11) is 0. The first kappa shape index (κ1) is 15.2. The zero-order valence-corrected chi connectivity index (χ0v) is 12.2. The fourth-order valence-corrected chi connectivity index (χ4v) is 2.15. The third-order valence-corrected chi connectivity index (χ3v) is 3.09. The van der Waals surface area contributed by atoms with Gasteiger partial charge in [-0.1, -0.05) is 6.92 Å². The van der Waals surface area contributed by atoms with Gasteiger partial charge in [-0.2, -0.15) is 0 Å². The zero-order valence-electron chi connectivity index (χ0n) is 12.2. The Bertz CT molecular complexity index is 587. The molecule has 0 amide bonds. The first-order chi connectivity index (χ1) is 10.0. The van der Waals surface area contributed by atoms with Crippen molar-refractivity contribution in [2.75, 3.05) is 13.2 Å². The quantitative estimate of drug-likeness (QED) is 0.936. The molecule has 0 saturated carbocycles. The van der Waals surface area contributed by atoms with Crippen LogP contribution >= 0.6 is 0 Å². The van der Waals surface area contributed by atoms with Crippen LogP contribution in [0.3, 0.4) is 0 Å². The number of carboxylic acids is 1. The number of carbonyl (C=O) groups is 1. The van der Waals surface area contributed by atoms with E-state index >= 15 is 0 Å². The van der Waals surface area contributed by atoms with E-state index in [1.54, 1.807) is 6.20 Å². The molecule has 0 radical (unpaired) electrons. The Labute approximate surface area is 123 Å². The van der Waals surface area contributed by atoms with Crippen molar-refractivity contribution < 1.29 is 14.6 Å². The number of aromatic nitrogens is 3. The number of rotatable bonds is 3. The summed E-state index contributed by atoms with van der Waals surface area (Å²) >= 11 is 0. The molecule has 3 heterocycles. The minimum atomic E-state index is -0.833. The molecule has 1 fully saturated rings.